The first-order valence-corrected chi connectivity index (χ1v) is 6.60. The molecule has 0 saturated heterocycles. The SMILES string of the molecule is CCCCC(NC(=O)/C=C/c1ccc(N)cc1)C(=O)O. The Morgan fingerprint density at radius 2 is 2.00 bits per heavy atom. The number of nitrogen functional groups attached to an aromatic ring is 1. The Hall–Kier alpha value is -2.30. The largest absolute Gasteiger partial charge is 0.480 e. The van der Waals surface area contributed by atoms with Gasteiger partial charge in [-0.25, -0.2) is 4.79 Å². The maximum atomic E-state index is 11.7. The maximum absolute atomic E-state index is 11.7. The molecule has 20 heavy (non-hydrogen) atoms. The van der Waals surface area contributed by atoms with Crippen LogP contribution in [-0.4, -0.2) is 23.0 Å². The van der Waals surface area contributed by atoms with E-state index in [0.717, 1.165) is 18.4 Å². The molecule has 0 heterocycles. The van der Waals surface area contributed by atoms with Gasteiger partial charge in [-0.05, 0) is 30.2 Å². The van der Waals surface area contributed by atoms with Crippen LogP contribution in [0.1, 0.15) is 31.7 Å². The lowest BCUT2D eigenvalue weighted by atomic mass is 10.1. The summed E-state index contributed by atoms with van der Waals surface area (Å²) in [4.78, 5) is 22.7. The summed E-state index contributed by atoms with van der Waals surface area (Å²) in [5.41, 5.74) is 7.04. The van der Waals surface area contributed by atoms with Gasteiger partial charge in [0.05, 0.1) is 0 Å². The monoisotopic (exact) mass is 276 g/mol. The van der Waals surface area contributed by atoms with Gasteiger partial charge in [0.15, 0.2) is 0 Å². The van der Waals surface area contributed by atoms with Crippen molar-refractivity contribution in [1.82, 2.24) is 5.32 Å². The Morgan fingerprint density at radius 3 is 2.55 bits per heavy atom. The van der Waals surface area contributed by atoms with Gasteiger partial charge in [0.25, 0.3) is 0 Å². The molecule has 0 aromatic heterocycles. The highest BCUT2D eigenvalue weighted by atomic mass is 16.4. The number of anilines is 1. The van der Waals surface area contributed by atoms with Crippen LogP contribution in [0.5, 0.6) is 0 Å². The van der Waals surface area contributed by atoms with Crippen LogP contribution in [0, 0.1) is 0 Å². The quantitative estimate of drug-likeness (QED) is 0.525. The highest BCUT2D eigenvalue weighted by Crippen LogP contribution is 2.07. The molecule has 0 radical (unpaired) electrons. The highest BCUT2D eigenvalue weighted by Gasteiger charge is 2.17. The average Bonchev–Trinajstić information content (AvgIpc) is 2.42. The number of aliphatic carboxylic acids is 1. The lowest BCUT2D eigenvalue weighted by molar-refractivity contribution is -0.141. The molecular formula is C15H20N2O3. The van der Waals surface area contributed by atoms with E-state index in [-0.39, 0.29) is 0 Å². The fourth-order valence-corrected chi connectivity index (χ4v) is 1.66. The molecule has 5 heteroatoms. The predicted octanol–water partition coefficient (Wildman–Crippen LogP) is 2.04. The van der Waals surface area contributed by atoms with Crippen LogP contribution < -0.4 is 11.1 Å². The molecule has 0 spiro atoms. The van der Waals surface area contributed by atoms with Crippen LogP contribution in [0.2, 0.25) is 0 Å². The van der Waals surface area contributed by atoms with Gasteiger partial charge in [0.2, 0.25) is 5.91 Å². The molecule has 1 amide bonds. The van der Waals surface area contributed by atoms with Crippen LogP contribution in [0.15, 0.2) is 30.3 Å². The van der Waals surface area contributed by atoms with Crippen molar-refractivity contribution >= 4 is 23.6 Å². The number of benzene rings is 1. The second kappa shape index (κ2) is 7.99. The number of amides is 1. The normalized spacial score (nSPS) is 12.2. The van der Waals surface area contributed by atoms with Crippen molar-refractivity contribution in [3.8, 4) is 0 Å². The van der Waals surface area contributed by atoms with Crippen molar-refractivity contribution in [3.63, 3.8) is 0 Å². The van der Waals surface area contributed by atoms with E-state index in [4.69, 9.17) is 10.8 Å². The minimum absolute atomic E-state index is 0.412. The molecule has 0 saturated carbocycles. The fourth-order valence-electron chi connectivity index (χ4n) is 1.66. The first kappa shape index (κ1) is 15.8. The summed E-state index contributed by atoms with van der Waals surface area (Å²) in [5, 5.41) is 11.5. The van der Waals surface area contributed by atoms with E-state index in [1.54, 1.807) is 30.3 Å². The van der Waals surface area contributed by atoms with Gasteiger partial charge in [-0.1, -0.05) is 31.9 Å². The Bertz CT molecular complexity index is 480. The van der Waals surface area contributed by atoms with Crippen molar-refractivity contribution in [3.05, 3.63) is 35.9 Å². The molecule has 0 fully saturated rings. The highest BCUT2D eigenvalue weighted by molar-refractivity contribution is 5.94. The van der Waals surface area contributed by atoms with Gasteiger partial charge >= 0.3 is 5.97 Å². The number of carboxylic acids is 1. The minimum Gasteiger partial charge on any atom is -0.480 e. The van der Waals surface area contributed by atoms with E-state index in [1.165, 1.54) is 6.08 Å². The zero-order valence-electron chi connectivity index (χ0n) is 11.5. The maximum Gasteiger partial charge on any atom is 0.326 e. The summed E-state index contributed by atoms with van der Waals surface area (Å²) in [6.07, 6.45) is 5.04. The number of nitrogens with one attached hydrogen (secondary N) is 1. The fraction of sp³-hybridized carbons (Fsp3) is 0.333. The Labute approximate surface area is 118 Å². The molecule has 4 N–H and O–H groups in total. The zero-order valence-corrected chi connectivity index (χ0v) is 11.5. The van der Waals surface area contributed by atoms with Crippen LogP contribution in [0.3, 0.4) is 0 Å². The standard InChI is InChI=1S/C15H20N2O3/c1-2-3-4-13(15(19)20)17-14(18)10-7-11-5-8-12(16)9-6-11/h5-10,13H,2-4,16H2,1H3,(H,17,18)(H,19,20)/b10-7+. The molecule has 108 valence electrons. The third kappa shape index (κ3) is 5.56. The third-order valence-electron chi connectivity index (χ3n) is 2.82. The molecule has 0 bridgehead atoms. The molecule has 1 atom stereocenters. The van der Waals surface area contributed by atoms with Crippen LogP contribution in [0.25, 0.3) is 6.08 Å². The smallest absolute Gasteiger partial charge is 0.326 e. The molecule has 1 aromatic carbocycles. The first-order chi connectivity index (χ1) is 9.52. The van der Waals surface area contributed by atoms with Crippen molar-refractivity contribution in [2.75, 3.05) is 5.73 Å². The Morgan fingerprint density at radius 1 is 1.35 bits per heavy atom. The molecule has 1 unspecified atom stereocenters. The number of nitrogens with two attached hydrogens (primary N) is 1. The predicted molar refractivity (Wildman–Crippen MR) is 79.0 cm³/mol. The number of hydrogen-bond donors (Lipinski definition) is 3. The van der Waals surface area contributed by atoms with Gasteiger partial charge < -0.3 is 16.2 Å². The molecule has 5 nitrogen and oxygen atoms in total. The molecule has 0 aliphatic heterocycles. The number of rotatable bonds is 7. The first-order valence-electron chi connectivity index (χ1n) is 6.60. The van der Waals surface area contributed by atoms with E-state index >= 15 is 0 Å². The summed E-state index contributed by atoms with van der Waals surface area (Å²) in [6, 6.07) is 6.20. The van der Waals surface area contributed by atoms with Crippen molar-refractivity contribution in [2.24, 2.45) is 0 Å². The summed E-state index contributed by atoms with van der Waals surface area (Å²) in [7, 11) is 0. The van der Waals surface area contributed by atoms with E-state index in [0.29, 0.717) is 12.1 Å². The minimum atomic E-state index is -1.01. The van der Waals surface area contributed by atoms with Crippen LogP contribution in [-0.2, 0) is 9.59 Å². The van der Waals surface area contributed by atoms with Crippen molar-refractivity contribution < 1.29 is 14.7 Å². The van der Waals surface area contributed by atoms with Gasteiger partial charge in [-0.3, -0.25) is 4.79 Å². The molecular weight excluding hydrogens is 256 g/mol. The summed E-state index contributed by atoms with van der Waals surface area (Å²) in [5.74, 6) is -1.42. The zero-order chi connectivity index (χ0) is 15.0. The average molecular weight is 276 g/mol. The molecule has 1 aromatic rings. The number of carboxylic acid groups (broad SMARTS) is 1. The van der Waals surface area contributed by atoms with Crippen molar-refractivity contribution in [1.29, 1.82) is 0 Å². The van der Waals surface area contributed by atoms with E-state index in [1.807, 2.05) is 6.92 Å². The topological polar surface area (TPSA) is 92.4 Å². The van der Waals surface area contributed by atoms with E-state index < -0.39 is 17.9 Å². The van der Waals surface area contributed by atoms with Crippen LogP contribution in [0.4, 0.5) is 5.69 Å². The van der Waals surface area contributed by atoms with E-state index in [9.17, 15) is 9.59 Å². The number of unbranched alkanes of at least 4 members (excludes halogenated alkanes) is 1. The number of hydrogen-bond acceptors (Lipinski definition) is 3. The Kier molecular flexibility index (Phi) is 6.29. The van der Waals surface area contributed by atoms with Crippen molar-refractivity contribution in [2.45, 2.75) is 32.2 Å². The Balaban J connectivity index is 2.56. The van der Waals surface area contributed by atoms with Gasteiger partial charge in [-0.2, -0.15) is 0 Å². The molecule has 0 aliphatic rings. The second-order valence-corrected chi connectivity index (χ2v) is 4.54. The lowest BCUT2D eigenvalue weighted by Gasteiger charge is -2.12. The molecule has 0 aliphatic carbocycles. The summed E-state index contributed by atoms with van der Waals surface area (Å²) in [6.45, 7) is 1.97. The molecule has 1 rings (SSSR count). The van der Waals surface area contributed by atoms with Crippen LogP contribution >= 0.6 is 0 Å². The number of carbonyl (C=O) groups excluding carboxylic acids is 1. The van der Waals surface area contributed by atoms with Gasteiger partial charge in [0, 0.05) is 11.8 Å². The second-order valence-electron chi connectivity index (χ2n) is 4.54. The van der Waals surface area contributed by atoms with E-state index in [2.05, 4.69) is 5.32 Å². The lowest BCUT2D eigenvalue weighted by Crippen LogP contribution is -2.39. The summed E-state index contributed by atoms with van der Waals surface area (Å²) < 4.78 is 0. The third-order valence-corrected chi connectivity index (χ3v) is 2.82. The summed E-state index contributed by atoms with van der Waals surface area (Å²) >= 11 is 0. The van der Waals surface area contributed by atoms with Gasteiger partial charge in [-0.15, -0.1) is 0 Å². The van der Waals surface area contributed by atoms with Gasteiger partial charge in [0.1, 0.15) is 6.04 Å². The number of carbonyl (C=O) groups is 2.